The molecule has 21 heavy (non-hydrogen) atoms. The third-order valence-corrected chi connectivity index (χ3v) is 3.83. The second kappa shape index (κ2) is 4.38. The number of carbonyl (C=O) groups is 1. The van der Waals surface area contributed by atoms with E-state index in [0.717, 1.165) is 28.1 Å². The highest BCUT2D eigenvalue weighted by atomic mass is 16.5. The van der Waals surface area contributed by atoms with E-state index in [-0.39, 0.29) is 5.91 Å². The summed E-state index contributed by atoms with van der Waals surface area (Å²) in [6.07, 6.45) is 0. The molecule has 4 nitrogen and oxygen atoms in total. The average molecular weight is 279 g/mol. The monoisotopic (exact) mass is 279 g/mol. The molecule has 0 bridgehead atoms. The van der Waals surface area contributed by atoms with Gasteiger partial charge >= 0.3 is 0 Å². The number of carbonyl (C=O) groups excluding carboxylic acids is 1. The maximum Gasteiger partial charge on any atom is 0.260 e. The molecule has 0 fully saturated rings. The number of nitrogens with one attached hydrogen (secondary N) is 1. The minimum absolute atomic E-state index is 0.134. The first-order valence-corrected chi connectivity index (χ1v) is 6.73. The van der Waals surface area contributed by atoms with E-state index in [2.05, 4.69) is 5.32 Å². The smallest absolute Gasteiger partial charge is 0.260 e. The Labute approximate surface area is 122 Å². The number of hydrogen-bond acceptors (Lipinski definition) is 3. The third kappa shape index (κ3) is 1.72. The summed E-state index contributed by atoms with van der Waals surface area (Å²) in [6.45, 7) is 0.502. The number of rotatable bonds is 1. The predicted octanol–water partition coefficient (Wildman–Crippen LogP) is 3.05. The van der Waals surface area contributed by atoms with E-state index >= 15 is 0 Å². The molecule has 4 rings (SSSR count). The van der Waals surface area contributed by atoms with Gasteiger partial charge in [0.1, 0.15) is 18.1 Å². The highest BCUT2D eigenvalue weighted by Crippen LogP contribution is 2.42. The molecule has 0 aromatic heterocycles. The molecule has 0 spiro atoms. The van der Waals surface area contributed by atoms with Crippen LogP contribution in [-0.4, -0.2) is 13.0 Å². The van der Waals surface area contributed by atoms with Crippen molar-refractivity contribution in [1.82, 2.24) is 0 Å². The zero-order valence-electron chi connectivity index (χ0n) is 11.5. The predicted molar refractivity (Wildman–Crippen MR) is 79.7 cm³/mol. The van der Waals surface area contributed by atoms with E-state index in [1.165, 1.54) is 0 Å². The molecule has 2 aromatic carbocycles. The number of methoxy groups -OCH3 is 1. The molecule has 0 aliphatic carbocycles. The second-order valence-electron chi connectivity index (χ2n) is 5.02. The Morgan fingerprint density at radius 3 is 2.86 bits per heavy atom. The number of fused-ring (bicyclic) bond motifs is 2. The van der Waals surface area contributed by atoms with Crippen molar-refractivity contribution in [3.05, 3.63) is 59.2 Å². The molecule has 4 heteroatoms. The Hall–Kier alpha value is -2.75. The lowest BCUT2D eigenvalue weighted by atomic mass is 10.0. The van der Waals surface area contributed by atoms with Crippen LogP contribution in [0.25, 0.3) is 11.3 Å². The lowest BCUT2D eigenvalue weighted by Gasteiger charge is -2.06. The molecule has 2 aromatic rings. The highest BCUT2D eigenvalue weighted by Gasteiger charge is 2.32. The molecular formula is C17H13NO3. The quantitative estimate of drug-likeness (QED) is 0.816. The van der Waals surface area contributed by atoms with Gasteiger partial charge in [-0.25, -0.2) is 0 Å². The van der Waals surface area contributed by atoms with Crippen molar-refractivity contribution in [3.63, 3.8) is 0 Å². The molecule has 0 atom stereocenters. The molecule has 2 aliphatic rings. The summed E-state index contributed by atoms with van der Waals surface area (Å²) in [6, 6.07) is 13.5. The molecule has 1 amide bonds. The second-order valence-corrected chi connectivity index (χ2v) is 5.02. The number of amides is 1. The fourth-order valence-corrected chi connectivity index (χ4v) is 2.80. The molecule has 2 heterocycles. The highest BCUT2D eigenvalue weighted by molar-refractivity contribution is 6.36. The Kier molecular flexibility index (Phi) is 2.51. The average Bonchev–Trinajstić information content (AvgIpc) is 3.06. The van der Waals surface area contributed by atoms with Gasteiger partial charge in [0.15, 0.2) is 0 Å². The summed E-state index contributed by atoms with van der Waals surface area (Å²) < 4.78 is 11.0. The number of ether oxygens (including phenoxy) is 2. The molecule has 0 saturated carbocycles. The van der Waals surface area contributed by atoms with E-state index in [9.17, 15) is 4.79 Å². The van der Waals surface area contributed by atoms with Crippen molar-refractivity contribution in [3.8, 4) is 5.75 Å². The fraction of sp³-hybridized carbons (Fsp3) is 0.118. The van der Waals surface area contributed by atoms with Crippen LogP contribution >= 0.6 is 0 Å². The number of anilines is 1. The van der Waals surface area contributed by atoms with Crippen molar-refractivity contribution in [2.24, 2.45) is 0 Å². The first-order chi connectivity index (χ1) is 10.3. The third-order valence-electron chi connectivity index (χ3n) is 3.83. The van der Waals surface area contributed by atoms with Gasteiger partial charge in [0.25, 0.3) is 5.91 Å². The van der Waals surface area contributed by atoms with E-state index in [1.54, 1.807) is 7.11 Å². The van der Waals surface area contributed by atoms with Crippen LogP contribution in [0.15, 0.2) is 42.5 Å². The summed E-state index contributed by atoms with van der Waals surface area (Å²) in [7, 11) is 1.61. The number of benzene rings is 2. The van der Waals surface area contributed by atoms with Crippen LogP contribution in [0.5, 0.6) is 5.75 Å². The summed E-state index contributed by atoms with van der Waals surface area (Å²) in [5, 5.41) is 2.87. The van der Waals surface area contributed by atoms with Gasteiger partial charge in [0.05, 0.1) is 12.7 Å². The van der Waals surface area contributed by atoms with Crippen molar-refractivity contribution in [2.45, 2.75) is 6.61 Å². The van der Waals surface area contributed by atoms with E-state index < -0.39 is 0 Å². The lowest BCUT2D eigenvalue weighted by molar-refractivity contribution is -0.110. The van der Waals surface area contributed by atoms with Crippen LogP contribution in [0.2, 0.25) is 0 Å². The molecule has 2 aliphatic heterocycles. The van der Waals surface area contributed by atoms with Gasteiger partial charge in [-0.2, -0.15) is 0 Å². The van der Waals surface area contributed by atoms with Gasteiger partial charge in [0, 0.05) is 22.4 Å². The zero-order valence-corrected chi connectivity index (χ0v) is 11.5. The van der Waals surface area contributed by atoms with Gasteiger partial charge in [-0.05, 0) is 18.2 Å². The fourth-order valence-electron chi connectivity index (χ4n) is 2.80. The topological polar surface area (TPSA) is 47.6 Å². The van der Waals surface area contributed by atoms with E-state index in [0.29, 0.717) is 17.9 Å². The van der Waals surface area contributed by atoms with Crippen LogP contribution in [0.4, 0.5) is 5.69 Å². The van der Waals surface area contributed by atoms with Gasteiger partial charge in [-0.1, -0.05) is 24.3 Å². The first kappa shape index (κ1) is 12.0. The largest absolute Gasteiger partial charge is 0.497 e. The molecular weight excluding hydrogens is 266 g/mol. The van der Waals surface area contributed by atoms with Crippen LogP contribution in [0.1, 0.15) is 16.7 Å². The van der Waals surface area contributed by atoms with Gasteiger partial charge in [-0.3, -0.25) is 4.79 Å². The molecule has 0 radical (unpaired) electrons. The van der Waals surface area contributed by atoms with Gasteiger partial charge < -0.3 is 14.8 Å². The minimum Gasteiger partial charge on any atom is -0.497 e. The summed E-state index contributed by atoms with van der Waals surface area (Å²) in [5.41, 5.74) is 4.28. The standard InChI is InChI=1S/C17H13NO3/c1-20-11-6-7-14-13(8-11)15(17(19)18-14)16-12-5-3-2-4-10(12)9-21-16/h2-8H,9H2,1H3,(H,18,19)/b16-15-. The Morgan fingerprint density at radius 2 is 2.00 bits per heavy atom. The van der Waals surface area contributed by atoms with Crippen LogP contribution in [0.3, 0.4) is 0 Å². The summed E-state index contributed by atoms with van der Waals surface area (Å²) >= 11 is 0. The Morgan fingerprint density at radius 1 is 1.14 bits per heavy atom. The van der Waals surface area contributed by atoms with Crippen LogP contribution in [0, 0.1) is 0 Å². The maximum absolute atomic E-state index is 12.3. The summed E-state index contributed by atoms with van der Waals surface area (Å²) in [4.78, 5) is 12.3. The number of hydrogen-bond donors (Lipinski definition) is 1. The molecule has 104 valence electrons. The maximum atomic E-state index is 12.3. The van der Waals surface area contributed by atoms with Crippen LogP contribution in [-0.2, 0) is 16.1 Å². The van der Waals surface area contributed by atoms with Gasteiger partial charge in [-0.15, -0.1) is 0 Å². The molecule has 0 unspecified atom stereocenters. The van der Waals surface area contributed by atoms with Crippen molar-refractivity contribution >= 4 is 22.9 Å². The van der Waals surface area contributed by atoms with E-state index in [4.69, 9.17) is 9.47 Å². The first-order valence-electron chi connectivity index (χ1n) is 6.73. The van der Waals surface area contributed by atoms with Crippen molar-refractivity contribution in [1.29, 1.82) is 0 Å². The molecule has 1 N–H and O–H groups in total. The van der Waals surface area contributed by atoms with E-state index in [1.807, 2.05) is 42.5 Å². The minimum atomic E-state index is -0.134. The summed E-state index contributed by atoms with van der Waals surface area (Å²) in [5.74, 6) is 1.23. The Balaban J connectivity index is 1.95. The van der Waals surface area contributed by atoms with Gasteiger partial charge in [0.2, 0.25) is 0 Å². The zero-order chi connectivity index (χ0) is 14.4. The van der Waals surface area contributed by atoms with Crippen molar-refractivity contribution in [2.75, 3.05) is 12.4 Å². The van der Waals surface area contributed by atoms with Crippen molar-refractivity contribution < 1.29 is 14.3 Å². The molecule has 0 saturated heterocycles. The van der Waals surface area contributed by atoms with Crippen LogP contribution < -0.4 is 10.1 Å². The normalized spacial score (nSPS) is 18.8. The lowest BCUT2D eigenvalue weighted by Crippen LogP contribution is -2.05. The Bertz CT molecular complexity index is 792. The SMILES string of the molecule is COc1ccc2c(c1)/C(=C1/OCc3ccccc31)C(=O)N2.